The third-order valence-electron chi connectivity index (χ3n) is 1.13. The number of rotatable bonds is 0. The minimum atomic E-state index is 0. The fourth-order valence-electron chi connectivity index (χ4n) is 0.724. The summed E-state index contributed by atoms with van der Waals surface area (Å²) in [5.41, 5.74) is 1.65. The van der Waals surface area contributed by atoms with Gasteiger partial charge in [0, 0.05) is 12.4 Å². The van der Waals surface area contributed by atoms with Crippen LogP contribution >= 0.6 is 0 Å². The van der Waals surface area contributed by atoms with E-state index in [1.54, 1.807) is 18.5 Å². The summed E-state index contributed by atoms with van der Waals surface area (Å²) in [6.45, 7) is 0. The van der Waals surface area contributed by atoms with Crippen LogP contribution < -0.4 is 58.2 Å². The molecular weight excluding hydrogens is 200 g/mol. The SMILES string of the molecule is [Rb+].[c-]1cc2nccnc2[nH]1. The summed E-state index contributed by atoms with van der Waals surface area (Å²) in [4.78, 5) is 10.8. The molecule has 0 amide bonds. The van der Waals surface area contributed by atoms with Gasteiger partial charge >= 0.3 is 58.2 Å². The zero-order valence-corrected chi connectivity index (χ0v) is 10.5. The Hall–Kier alpha value is 0.425. The number of aromatic amines is 1. The smallest absolute Gasteiger partial charge is 0.462 e. The molecule has 2 heterocycles. The molecule has 0 atom stereocenters. The molecule has 2 rings (SSSR count). The number of nitrogens with zero attached hydrogens (tertiary/aromatic N) is 2. The molecule has 0 saturated heterocycles. The third kappa shape index (κ3) is 1.53. The summed E-state index contributed by atoms with van der Waals surface area (Å²) in [6.07, 6.45) is 6.09. The molecule has 44 valence electrons. The van der Waals surface area contributed by atoms with Crippen LogP contribution in [-0.4, -0.2) is 15.0 Å². The molecule has 0 aliphatic heterocycles. The first-order chi connectivity index (χ1) is 4.47. The average Bonchev–Trinajstić information content (AvgIpc) is 2.33. The summed E-state index contributed by atoms with van der Waals surface area (Å²) >= 11 is 0. The van der Waals surface area contributed by atoms with Crippen LogP contribution in [0.25, 0.3) is 11.2 Å². The predicted octanol–water partition coefficient (Wildman–Crippen LogP) is -2.24. The summed E-state index contributed by atoms with van der Waals surface area (Å²) < 4.78 is 0. The molecular formula is C6H4N3Rb. The number of hydrogen-bond donors (Lipinski definition) is 1. The molecule has 0 aliphatic rings. The van der Waals surface area contributed by atoms with Gasteiger partial charge in [-0.15, -0.1) is 12.3 Å². The molecule has 10 heavy (non-hydrogen) atoms. The molecule has 0 saturated carbocycles. The van der Waals surface area contributed by atoms with Gasteiger partial charge in [-0.1, -0.05) is 0 Å². The van der Waals surface area contributed by atoms with E-state index < -0.39 is 0 Å². The van der Waals surface area contributed by atoms with Crippen LogP contribution in [0.3, 0.4) is 0 Å². The Morgan fingerprint density at radius 2 is 2.10 bits per heavy atom. The maximum absolute atomic E-state index is 4.02. The molecule has 0 bridgehead atoms. The van der Waals surface area contributed by atoms with Gasteiger partial charge in [-0.2, -0.15) is 0 Å². The van der Waals surface area contributed by atoms with Crippen molar-refractivity contribution in [3.63, 3.8) is 0 Å². The number of aromatic nitrogens is 3. The van der Waals surface area contributed by atoms with E-state index in [0.29, 0.717) is 0 Å². The average molecular weight is 204 g/mol. The van der Waals surface area contributed by atoms with Crippen LogP contribution in [0.15, 0.2) is 18.5 Å². The minimum Gasteiger partial charge on any atom is -0.462 e. The van der Waals surface area contributed by atoms with Gasteiger partial charge in [0.05, 0.1) is 0 Å². The molecule has 0 aliphatic carbocycles. The first-order valence-electron chi connectivity index (χ1n) is 2.62. The Morgan fingerprint density at radius 1 is 1.30 bits per heavy atom. The van der Waals surface area contributed by atoms with Crippen molar-refractivity contribution in [3.05, 3.63) is 24.7 Å². The van der Waals surface area contributed by atoms with Crippen molar-refractivity contribution in [1.29, 1.82) is 0 Å². The largest absolute Gasteiger partial charge is 1.00 e. The van der Waals surface area contributed by atoms with Crippen molar-refractivity contribution in [2.45, 2.75) is 0 Å². The molecule has 2 aromatic rings. The van der Waals surface area contributed by atoms with Crippen LogP contribution in [0.5, 0.6) is 0 Å². The van der Waals surface area contributed by atoms with Gasteiger partial charge in [-0.3, -0.25) is 0 Å². The predicted molar refractivity (Wildman–Crippen MR) is 32.7 cm³/mol. The molecule has 0 unspecified atom stereocenters. The van der Waals surface area contributed by atoms with E-state index in [2.05, 4.69) is 21.1 Å². The third-order valence-corrected chi connectivity index (χ3v) is 1.13. The van der Waals surface area contributed by atoms with Crippen molar-refractivity contribution in [2.75, 3.05) is 0 Å². The number of nitrogens with one attached hydrogen (secondary N) is 1. The van der Waals surface area contributed by atoms with Crippen LogP contribution in [0.2, 0.25) is 0 Å². The van der Waals surface area contributed by atoms with Crippen molar-refractivity contribution in [3.8, 4) is 0 Å². The van der Waals surface area contributed by atoms with Crippen LogP contribution in [0.1, 0.15) is 0 Å². The number of fused-ring (bicyclic) bond motifs is 1. The molecule has 0 fully saturated rings. The van der Waals surface area contributed by atoms with Crippen molar-refractivity contribution in [1.82, 2.24) is 15.0 Å². The van der Waals surface area contributed by atoms with Gasteiger partial charge in [-0.25, -0.2) is 0 Å². The van der Waals surface area contributed by atoms with Crippen LogP contribution in [0, 0.1) is 6.20 Å². The fraction of sp³-hybridized carbons (Fsp3) is 0. The quantitative estimate of drug-likeness (QED) is 0.492. The van der Waals surface area contributed by atoms with Gasteiger partial charge in [0.15, 0.2) is 0 Å². The second kappa shape index (κ2) is 3.71. The second-order valence-corrected chi connectivity index (χ2v) is 1.70. The Kier molecular flexibility index (Phi) is 3.16. The Labute approximate surface area is 107 Å². The Morgan fingerprint density at radius 3 is 2.90 bits per heavy atom. The van der Waals surface area contributed by atoms with Crippen molar-refractivity contribution >= 4 is 11.2 Å². The second-order valence-electron chi connectivity index (χ2n) is 1.70. The molecule has 0 aromatic carbocycles. The first-order valence-corrected chi connectivity index (χ1v) is 2.62. The molecule has 4 heteroatoms. The topological polar surface area (TPSA) is 41.6 Å². The summed E-state index contributed by atoms with van der Waals surface area (Å²) in [7, 11) is 0. The fourth-order valence-corrected chi connectivity index (χ4v) is 0.724. The molecule has 3 nitrogen and oxygen atoms in total. The van der Waals surface area contributed by atoms with Crippen LogP contribution in [0.4, 0.5) is 0 Å². The van der Waals surface area contributed by atoms with Crippen molar-refractivity contribution in [2.24, 2.45) is 0 Å². The normalized spacial score (nSPS) is 9.20. The summed E-state index contributed by atoms with van der Waals surface area (Å²) in [6, 6.07) is 1.77. The monoisotopic (exact) mass is 203 g/mol. The zero-order valence-electron chi connectivity index (χ0n) is 5.63. The summed E-state index contributed by atoms with van der Waals surface area (Å²) in [5.74, 6) is 0. The van der Waals surface area contributed by atoms with E-state index in [1.165, 1.54) is 0 Å². The number of hydrogen-bond acceptors (Lipinski definition) is 2. The van der Waals surface area contributed by atoms with Crippen molar-refractivity contribution < 1.29 is 58.2 Å². The van der Waals surface area contributed by atoms with E-state index >= 15 is 0 Å². The van der Waals surface area contributed by atoms with E-state index in [9.17, 15) is 0 Å². The van der Waals surface area contributed by atoms with Gasteiger partial charge in [-0.05, 0) is 11.2 Å². The van der Waals surface area contributed by atoms with E-state index in [4.69, 9.17) is 0 Å². The zero-order chi connectivity index (χ0) is 6.10. The maximum atomic E-state index is 4.02. The molecule has 0 spiro atoms. The Balaban J connectivity index is 0.000000500. The van der Waals surface area contributed by atoms with E-state index in [-0.39, 0.29) is 58.2 Å². The van der Waals surface area contributed by atoms with E-state index in [0.717, 1.165) is 11.2 Å². The van der Waals surface area contributed by atoms with Gasteiger partial charge in [0.25, 0.3) is 0 Å². The molecule has 2 aromatic heterocycles. The maximum Gasteiger partial charge on any atom is 1.00 e. The van der Waals surface area contributed by atoms with E-state index in [1.807, 2.05) is 0 Å². The first kappa shape index (κ1) is 8.52. The van der Waals surface area contributed by atoms with Gasteiger partial charge in [0.2, 0.25) is 0 Å². The molecule has 1 N–H and O–H groups in total. The van der Waals surface area contributed by atoms with Crippen LogP contribution in [-0.2, 0) is 0 Å². The minimum absolute atomic E-state index is 0. The van der Waals surface area contributed by atoms with Gasteiger partial charge < -0.3 is 15.0 Å². The summed E-state index contributed by atoms with van der Waals surface area (Å²) in [5, 5.41) is 0. The Bertz CT molecular complexity index is 287. The molecule has 0 radical (unpaired) electrons. The number of H-pyrrole nitrogens is 1. The van der Waals surface area contributed by atoms with Gasteiger partial charge in [0.1, 0.15) is 0 Å². The standard InChI is InChI=1S/C6H4N3.Rb/c1-2-8-6-5(1)7-3-4-9-6;/h1,3-4H,(H,8,9);/q-1;+1.